The molecule has 0 saturated carbocycles. The summed E-state index contributed by atoms with van der Waals surface area (Å²) in [6.07, 6.45) is 0. The molecule has 0 aliphatic carbocycles. The van der Waals surface area contributed by atoms with Gasteiger partial charge in [-0.05, 0) is 19.4 Å². The van der Waals surface area contributed by atoms with Gasteiger partial charge in [-0.2, -0.15) is 0 Å². The van der Waals surface area contributed by atoms with Gasteiger partial charge in [0.15, 0.2) is 0 Å². The Hall–Kier alpha value is -1.59. The number of halogens is 1. The SMILES string of the molecule is CC(C)NC(=O)CN(C)C(=O)C(N)c1ccccc1.Cl. The molecule has 0 aliphatic heterocycles. The number of rotatable bonds is 5. The molecule has 0 fully saturated rings. The number of carbonyl (C=O) groups excluding carboxylic acids is 2. The fourth-order valence-corrected chi connectivity index (χ4v) is 1.70. The van der Waals surface area contributed by atoms with Gasteiger partial charge in [-0.15, -0.1) is 12.4 Å². The Morgan fingerprint density at radius 3 is 2.30 bits per heavy atom. The van der Waals surface area contributed by atoms with Crippen LogP contribution in [-0.2, 0) is 9.59 Å². The number of carbonyl (C=O) groups is 2. The third-order valence-electron chi connectivity index (χ3n) is 2.63. The van der Waals surface area contributed by atoms with Gasteiger partial charge in [-0.25, -0.2) is 0 Å². The van der Waals surface area contributed by atoms with Gasteiger partial charge in [0.2, 0.25) is 11.8 Å². The van der Waals surface area contributed by atoms with Crippen LogP contribution in [0.25, 0.3) is 0 Å². The number of likely N-dealkylation sites (N-methyl/N-ethyl adjacent to an activating group) is 1. The van der Waals surface area contributed by atoms with Crippen LogP contribution in [0, 0.1) is 0 Å². The minimum absolute atomic E-state index is 0. The van der Waals surface area contributed by atoms with Gasteiger partial charge >= 0.3 is 0 Å². The first-order valence-corrected chi connectivity index (χ1v) is 6.26. The van der Waals surface area contributed by atoms with E-state index >= 15 is 0 Å². The van der Waals surface area contributed by atoms with Gasteiger partial charge in [0.25, 0.3) is 0 Å². The summed E-state index contributed by atoms with van der Waals surface area (Å²) in [6.45, 7) is 3.75. The van der Waals surface area contributed by atoms with Crippen molar-refractivity contribution in [1.29, 1.82) is 0 Å². The van der Waals surface area contributed by atoms with E-state index in [4.69, 9.17) is 5.73 Å². The van der Waals surface area contributed by atoms with E-state index in [2.05, 4.69) is 5.32 Å². The smallest absolute Gasteiger partial charge is 0.244 e. The van der Waals surface area contributed by atoms with E-state index in [1.807, 2.05) is 32.0 Å². The van der Waals surface area contributed by atoms with Crippen molar-refractivity contribution in [2.24, 2.45) is 5.73 Å². The highest BCUT2D eigenvalue weighted by atomic mass is 35.5. The van der Waals surface area contributed by atoms with Crippen LogP contribution in [0.1, 0.15) is 25.5 Å². The monoisotopic (exact) mass is 299 g/mol. The second-order valence-electron chi connectivity index (χ2n) is 4.80. The molecule has 0 spiro atoms. The first kappa shape index (κ1) is 18.4. The van der Waals surface area contributed by atoms with Crippen molar-refractivity contribution in [3.63, 3.8) is 0 Å². The quantitative estimate of drug-likeness (QED) is 0.854. The third-order valence-corrected chi connectivity index (χ3v) is 2.63. The largest absolute Gasteiger partial charge is 0.352 e. The Labute approximate surface area is 125 Å². The van der Waals surface area contributed by atoms with Gasteiger partial charge < -0.3 is 16.0 Å². The van der Waals surface area contributed by atoms with Crippen molar-refractivity contribution >= 4 is 24.2 Å². The number of nitrogens with two attached hydrogens (primary N) is 1. The van der Waals surface area contributed by atoms with Gasteiger partial charge in [0, 0.05) is 13.1 Å². The lowest BCUT2D eigenvalue weighted by molar-refractivity contribution is -0.136. The predicted octanol–water partition coefficient (Wildman–Crippen LogP) is 1.09. The van der Waals surface area contributed by atoms with Crippen molar-refractivity contribution in [3.8, 4) is 0 Å². The molecule has 0 saturated heterocycles. The molecule has 3 N–H and O–H groups in total. The number of hydrogen-bond donors (Lipinski definition) is 2. The average Bonchev–Trinajstić information content (AvgIpc) is 2.36. The molecule has 1 rings (SSSR count). The lowest BCUT2D eigenvalue weighted by atomic mass is 10.1. The predicted molar refractivity (Wildman–Crippen MR) is 81.5 cm³/mol. The maximum absolute atomic E-state index is 12.1. The van der Waals surface area contributed by atoms with Crippen molar-refractivity contribution in [1.82, 2.24) is 10.2 Å². The van der Waals surface area contributed by atoms with E-state index in [0.29, 0.717) is 0 Å². The van der Waals surface area contributed by atoms with Crippen LogP contribution < -0.4 is 11.1 Å². The highest BCUT2D eigenvalue weighted by Gasteiger charge is 2.21. The Kier molecular flexibility index (Phi) is 7.87. The number of nitrogens with zero attached hydrogens (tertiary/aromatic N) is 1. The average molecular weight is 300 g/mol. The van der Waals surface area contributed by atoms with Gasteiger partial charge in [-0.1, -0.05) is 30.3 Å². The molecule has 112 valence electrons. The molecule has 0 bridgehead atoms. The molecular formula is C14H22ClN3O2. The fraction of sp³-hybridized carbons (Fsp3) is 0.429. The Balaban J connectivity index is 0.00000361. The summed E-state index contributed by atoms with van der Waals surface area (Å²) in [6, 6.07) is 8.43. The summed E-state index contributed by atoms with van der Waals surface area (Å²) >= 11 is 0. The lowest BCUT2D eigenvalue weighted by Crippen LogP contribution is -2.43. The molecule has 1 aromatic carbocycles. The van der Waals surface area contributed by atoms with Gasteiger partial charge in [0.1, 0.15) is 6.04 Å². The Morgan fingerprint density at radius 1 is 1.25 bits per heavy atom. The zero-order valence-electron chi connectivity index (χ0n) is 12.0. The summed E-state index contributed by atoms with van der Waals surface area (Å²) < 4.78 is 0. The summed E-state index contributed by atoms with van der Waals surface area (Å²) in [5.74, 6) is -0.462. The topological polar surface area (TPSA) is 75.4 Å². The first-order valence-electron chi connectivity index (χ1n) is 6.26. The normalized spacial score (nSPS) is 11.4. The minimum atomic E-state index is -0.738. The van der Waals surface area contributed by atoms with Crippen LogP contribution in [0.15, 0.2) is 30.3 Å². The zero-order valence-corrected chi connectivity index (χ0v) is 12.8. The van der Waals surface area contributed by atoms with E-state index < -0.39 is 6.04 Å². The minimum Gasteiger partial charge on any atom is -0.352 e. The second-order valence-corrected chi connectivity index (χ2v) is 4.80. The molecule has 5 nitrogen and oxygen atoms in total. The van der Waals surface area contributed by atoms with Crippen molar-refractivity contribution in [2.45, 2.75) is 25.9 Å². The van der Waals surface area contributed by atoms with Gasteiger partial charge in [0.05, 0.1) is 6.54 Å². The lowest BCUT2D eigenvalue weighted by Gasteiger charge is -2.21. The van der Waals surface area contributed by atoms with Crippen molar-refractivity contribution in [2.75, 3.05) is 13.6 Å². The first-order chi connectivity index (χ1) is 8.91. The van der Waals surface area contributed by atoms with E-state index in [0.717, 1.165) is 5.56 Å². The molecule has 0 aromatic heterocycles. The molecule has 0 radical (unpaired) electrons. The highest BCUT2D eigenvalue weighted by molar-refractivity contribution is 5.88. The number of nitrogens with one attached hydrogen (secondary N) is 1. The molecule has 6 heteroatoms. The summed E-state index contributed by atoms with van der Waals surface area (Å²) in [4.78, 5) is 25.0. The molecule has 1 unspecified atom stereocenters. The molecule has 0 heterocycles. The maximum atomic E-state index is 12.1. The highest BCUT2D eigenvalue weighted by Crippen LogP contribution is 2.11. The molecule has 1 atom stereocenters. The Morgan fingerprint density at radius 2 is 1.80 bits per heavy atom. The fourth-order valence-electron chi connectivity index (χ4n) is 1.70. The standard InChI is InChI=1S/C14H21N3O2.ClH/c1-10(2)16-12(18)9-17(3)14(19)13(15)11-7-5-4-6-8-11;/h4-8,10,13H,9,15H2,1-3H3,(H,16,18);1H. The summed E-state index contributed by atoms with van der Waals surface area (Å²) in [5.41, 5.74) is 6.63. The van der Waals surface area contributed by atoms with Crippen LogP contribution in [0.2, 0.25) is 0 Å². The van der Waals surface area contributed by atoms with E-state index in [1.165, 1.54) is 4.90 Å². The summed E-state index contributed by atoms with van der Waals surface area (Å²) in [7, 11) is 1.57. The maximum Gasteiger partial charge on any atom is 0.244 e. The van der Waals surface area contributed by atoms with Crippen LogP contribution in [-0.4, -0.2) is 36.3 Å². The van der Waals surface area contributed by atoms with Gasteiger partial charge in [-0.3, -0.25) is 9.59 Å². The third kappa shape index (κ3) is 5.59. The molecule has 20 heavy (non-hydrogen) atoms. The Bertz CT molecular complexity index is 437. The number of hydrogen-bond acceptors (Lipinski definition) is 3. The zero-order chi connectivity index (χ0) is 14.4. The van der Waals surface area contributed by atoms with Crippen LogP contribution >= 0.6 is 12.4 Å². The van der Waals surface area contributed by atoms with Crippen molar-refractivity contribution < 1.29 is 9.59 Å². The molecule has 0 aliphatic rings. The summed E-state index contributed by atoms with van der Waals surface area (Å²) in [5, 5.41) is 2.73. The van der Waals surface area contributed by atoms with Crippen LogP contribution in [0.4, 0.5) is 0 Å². The number of benzene rings is 1. The number of amides is 2. The molecular weight excluding hydrogens is 278 g/mol. The molecule has 1 aromatic rings. The van der Waals surface area contributed by atoms with Crippen LogP contribution in [0.5, 0.6) is 0 Å². The van der Waals surface area contributed by atoms with Crippen LogP contribution in [0.3, 0.4) is 0 Å². The van der Waals surface area contributed by atoms with E-state index in [1.54, 1.807) is 19.2 Å². The second kappa shape index (κ2) is 8.55. The van der Waals surface area contributed by atoms with E-state index in [9.17, 15) is 9.59 Å². The molecule has 2 amide bonds. The van der Waals surface area contributed by atoms with Crippen molar-refractivity contribution in [3.05, 3.63) is 35.9 Å². The van der Waals surface area contributed by atoms with E-state index in [-0.39, 0.29) is 36.8 Å².